The molecule has 0 spiro atoms. The fraction of sp³-hybridized carbons (Fsp3) is 0.929. The first-order valence-electron chi connectivity index (χ1n) is 13.7. The van der Waals surface area contributed by atoms with E-state index in [0.29, 0.717) is 0 Å². The van der Waals surface area contributed by atoms with Gasteiger partial charge in [0.1, 0.15) is 0 Å². The molecule has 0 aromatic carbocycles. The predicted octanol–water partition coefficient (Wildman–Crippen LogP) is 8.85. The van der Waals surface area contributed by atoms with Crippen molar-refractivity contribution >= 4 is 8.07 Å². The van der Waals surface area contributed by atoms with Crippen LogP contribution in [0.25, 0.3) is 0 Å². The molecular formula is C28H48Si. The second-order valence-electron chi connectivity index (χ2n) is 12.7. The fourth-order valence-electron chi connectivity index (χ4n) is 10.5. The molecule has 0 N–H and O–H groups in total. The van der Waals surface area contributed by atoms with Crippen molar-refractivity contribution in [2.24, 2.45) is 41.4 Å². The molecule has 29 heavy (non-hydrogen) atoms. The minimum atomic E-state index is -1.27. The van der Waals surface area contributed by atoms with Gasteiger partial charge in [-0.2, -0.15) is 0 Å². The molecule has 0 amide bonds. The molecule has 5 fully saturated rings. The molecule has 0 heterocycles. The van der Waals surface area contributed by atoms with Crippen molar-refractivity contribution < 1.29 is 0 Å². The summed E-state index contributed by atoms with van der Waals surface area (Å²) in [6, 6.07) is 0. The molecule has 8 atom stereocenters. The summed E-state index contributed by atoms with van der Waals surface area (Å²) in [6.45, 7) is 9.90. The molecular weight excluding hydrogens is 364 g/mol. The molecule has 0 bridgehead atoms. The molecule has 5 saturated carbocycles. The zero-order valence-corrected chi connectivity index (χ0v) is 20.6. The first kappa shape index (κ1) is 20.8. The lowest BCUT2D eigenvalue weighted by molar-refractivity contribution is 0.184. The van der Waals surface area contributed by atoms with Gasteiger partial charge in [0, 0.05) is 0 Å². The van der Waals surface area contributed by atoms with Crippen molar-refractivity contribution in [3.05, 3.63) is 12.7 Å². The van der Waals surface area contributed by atoms with Gasteiger partial charge in [-0.3, -0.25) is 0 Å². The average molecular weight is 413 g/mol. The lowest BCUT2D eigenvalue weighted by atomic mass is 9.73. The molecule has 0 nitrogen and oxygen atoms in total. The molecule has 0 aliphatic heterocycles. The number of rotatable bonds is 5. The summed E-state index contributed by atoms with van der Waals surface area (Å²) >= 11 is 0. The minimum Gasteiger partial charge on any atom is -0.103 e. The van der Waals surface area contributed by atoms with Crippen molar-refractivity contribution in [2.75, 3.05) is 0 Å². The molecule has 5 rings (SSSR count). The zero-order chi connectivity index (χ0) is 20.0. The minimum absolute atomic E-state index is 1.04. The third kappa shape index (κ3) is 3.54. The Morgan fingerprint density at radius 3 is 1.72 bits per heavy atom. The predicted molar refractivity (Wildman–Crippen MR) is 129 cm³/mol. The zero-order valence-electron chi connectivity index (χ0n) is 19.6. The van der Waals surface area contributed by atoms with Gasteiger partial charge < -0.3 is 0 Å². The molecule has 0 radical (unpaired) electrons. The highest BCUT2D eigenvalue weighted by Gasteiger charge is 2.60. The topological polar surface area (TPSA) is 0 Å². The lowest BCUT2D eigenvalue weighted by Gasteiger charge is -2.47. The summed E-state index contributed by atoms with van der Waals surface area (Å²) < 4.78 is 0. The van der Waals surface area contributed by atoms with Crippen LogP contribution < -0.4 is 0 Å². The highest BCUT2D eigenvalue weighted by atomic mass is 28.3. The van der Waals surface area contributed by atoms with Gasteiger partial charge in [-0.1, -0.05) is 77.0 Å². The van der Waals surface area contributed by atoms with Crippen molar-refractivity contribution in [1.29, 1.82) is 0 Å². The first-order valence-corrected chi connectivity index (χ1v) is 16.9. The smallest absolute Gasteiger partial charge is 0.0544 e. The maximum atomic E-state index is 4.06. The average Bonchev–Trinajstić information content (AvgIpc) is 3.29. The molecule has 8 unspecified atom stereocenters. The van der Waals surface area contributed by atoms with Crippen LogP contribution in [0, 0.1) is 41.4 Å². The van der Waals surface area contributed by atoms with Gasteiger partial charge in [0.05, 0.1) is 8.07 Å². The monoisotopic (exact) mass is 412 g/mol. The third-order valence-electron chi connectivity index (χ3n) is 11.3. The lowest BCUT2D eigenvalue weighted by Crippen LogP contribution is -2.45. The summed E-state index contributed by atoms with van der Waals surface area (Å²) in [4.78, 5) is 0. The standard InChI is InChI=1S/C28H48Si/c1-4-5-12-20-19-27(24-16-9-6-13-21(20)24)29(2,3)28-25-17-10-7-14-22(25)23-15-8-11-18-26(23)28/h4,20-28H,1,5-19H2,2-3H3. The number of hydrogen-bond acceptors (Lipinski definition) is 0. The Balaban J connectivity index is 1.43. The molecule has 0 aromatic rings. The van der Waals surface area contributed by atoms with Gasteiger partial charge in [0.15, 0.2) is 0 Å². The van der Waals surface area contributed by atoms with Crippen molar-refractivity contribution in [1.82, 2.24) is 0 Å². The van der Waals surface area contributed by atoms with E-state index in [4.69, 9.17) is 0 Å². The van der Waals surface area contributed by atoms with E-state index in [0.717, 1.165) is 47.0 Å². The summed E-state index contributed by atoms with van der Waals surface area (Å²) in [6.07, 6.45) is 25.4. The number of fused-ring (bicyclic) bond motifs is 4. The van der Waals surface area contributed by atoms with E-state index in [-0.39, 0.29) is 0 Å². The Kier molecular flexibility index (Phi) is 6.09. The quantitative estimate of drug-likeness (QED) is 0.312. The Morgan fingerprint density at radius 1 is 0.690 bits per heavy atom. The van der Waals surface area contributed by atoms with E-state index in [1.54, 1.807) is 77.0 Å². The van der Waals surface area contributed by atoms with Crippen LogP contribution in [0.1, 0.15) is 96.3 Å². The summed E-state index contributed by atoms with van der Waals surface area (Å²) in [7, 11) is -1.27. The summed E-state index contributed by atoms with van der Waals surface area (Å²) in [5, 5.41) is 0. The van der Waals surface area contributed by atoms with Crippen molar-refractivity contribution in [3.8, 4) is 0 Å². The highest BCUT2D eigenvalue weighted by Crippen LogP contribution is 2.67. The summed E-state index contributed by atoms with van der Waals surface area (Å²) in [5.41, 5.74) is 2.33. The Morgan fingerprint density at radius 2 is 1.17 bits per heavy atom. The molecule has 5 aliphatic rings. The van der Waals surface area contributed by atoms with Crippen molar-refractivity contribution in [3.63, 3.8) is 0 Å². The normalized spacial score (nSPS) is 47.3. The summed E-state index contributed by atoms with van der Waals surface area (Å²) in [5.74, 6) is 7.83. The van der Waals surface area contributed by atoms with Gasteiger partial charge in [0.2, 0.25) is 0 Å². The van der Waals surface area contributed by atoms with Crippen LogP contribution in [0.3, 0.4) is 0 Å². The fourth-order valence-corrected chi connectivity index (χ4v) is 16.4. The second-order valence-corrected chi connectivity index (χ2v) is 17.7. The molecule has 0 aromatic heterocycles. The largest absolute Gasteiger partial charge is 0.103 e. The van der Waals surface area contributed by atoms with E-state index in [9.17, 15) is 0 Å². The van der Waals surface area contributed by atoms with Crippen molar-refractivity contribution in [2.45, 2.75) is 120 Å². The van der Waals surface area contributed by atoms with E-state index in [1.165, 1.54) is 24.8 Å². The highest BCUT2D eigenvalue weighted by molar-refractivity contribution is 6.80. The van der Waals surface area contributed by atoms with Crippen LogP contribution in [0.15, 0.2) is 12.7 Å². The van der Waals surface area contributed by atoms with E-state index < -0.39 is 8.07 Å². The van der Waals surface area contributed by atoms with Crippen LogP contribution in [-0.4, -0.2) is 8.07 Å². The van der Waals surface area contributed by atoms with Crippen LogP contribution in [-0.2, 0) is 0 Å². The maximum Gasteiger partial charge on any atom is 0.0544 e. The van der Waals surface area contributed by atoms with E-state index in [2.05, 4.69) is 25.7 Å². The first-order chi connectivity index (χ1) is 14.1. The Hall–Kier alpha value is -0.0431. The molecule has 164 valence electrons. The van der Waals surface area contributed by atoms with Crippen LogP contribution in [0.2, 0.25) is 24.2 Å². The molecule has 5 aliphatic carbocycles. The Labute approximate surface area is 182 Å². The van der Waals surface area contributed by atoms with Crippen LogP contribution >= 0.6 is 0 Å². The van der Waals surface area contributed by atoms with Gasteiger partial charge >= 0.3 is 0 Å². The van der Waals surface area contributed by atoms with Gasteiger partial charge in [-0.25, -0.2) is 0 Å². The number of hydrogen-bond donors (Lipinski definition) is 0. The second kappa shape index (κ2) is 8.48. The van der Waals surface area contributed by atoms with E-state index >= 15 is 0 Å². The molecule has 1 heteroatoms. The van der Waals surface area contributed by atoms with Crippen LogP contribution in [0.4, 0.5) is 0 Å². The Bertz CT molecular complexity index is 557. The van der Waals surface area contributed by atoms with Gasteiger partial charge in [0.25, 0.3) is 0 Å². The molecule has 0 saturated heterocycles. The van der Waals surface area contributed by atoms with Gasteiger partial charge in [-0.05, 0) is 91.0 Å². The van der Waals surface area contributed by atoms with Crippen LogP contribution in [0.5, 0.6) is 0 Å². The van der Waals surface area contributed by atoms with Gasteiger partial charge in [-0.15, -0.1) is 6.58 Å². The van der Waals surface area contributed by atoms with E-state index in [1.807, 2.05) is 0 Å². The SMILES string of the molecule is C=CCCC1CC([Si](C)(C)C2C3CCCCC3C3CCCCC32)C2CCCCC12. The number of allylic oxidation sites excluding steroid dienone is 1. The third-order valence-corrected chi connectivity index (χ3v) is 16.5. The maximum absolute atomic E-state index is 4.06.